The van der Waals surface area contributed by atoms with Crippen molar-refractivity contribution in [2.24, 2.45) is 17.8 Å². The van der Waals surface area contributed by atoms with E-state index in [9.17, 15) is 19.5 Å². The number of rotatable bonds is 15. The quantitative estimate of drug-likeness (QED) is 0.316. The van der Waals surface area contributed by atoms with Crippen LogP contribution in [0.15, 0.2) is 25.3 Å². The topological polar surface area (TPSA) is 90.4 Å². The van der Waals surface area contributed by atoms with Gasteiger partial charge >= 0.3 is 0 Å². The minimum Gasteiger partial charge on any atom is -0.394 e. The Morgan fingerprint density at radius 3 is 2.28 bits per heavy atom. The first-order valence-electron chi connectivity index (χ1n) is 15.0. The Bertz CT molecular complexity index is 937. The number of aliphatic hydroxyl groups is 1. The van der Waals surface area contributed by atoms with E-state index in [1.54, 1.807) is 26.9 Å². The number of ether oxygens (including phenoxy) is 1. The second kappa shape index (κ2) is 12.5. The number of hydrogen-bond acceptors (Lipinski definition) is 5. The molecule has 39 heavy (non-hydrogen) atoms. The summed E-state index contributed by atoms with van der Waals surface area (Å²) in [7, 11) is 0. The van der Waals surface area contributed by atoms with Crippen LogP contribution in [0.3, 0.4) is 0 Å². The predicted molar refractivity (Wildman–Crippen MR) is 153 cm³/mol. The van der Waals surface area contributed by atoms with Gasteiger partial charge in [-0.3, -0.25) is 14.4 Å². The molecule has 3 unspecified atom stereocenters. The van der Waals surface area contributed by atoms with Crippen LogP contribution in [-0.4, -0.2) is 93.1 Å². The first-order valence-corrected chi connectivity index (χ1v) is 15.0. The van der Waals surface area contributed by atoms with Gasteiger partial charge < -0.3 is 24.5 Å². The predicted octanol–water partition coefficient (Wildman–Crippen LogP) is 3.79. The van der Waals surface area contributed by atoms with Crippen molar-refractivity contribution in [3.63, 3.8) is 0 Å². The molecule has 7 atom stereocenters. The monoisotopic (exact) mass is 545 g/mol. The van der Waals surface area contributed by atoms with Crippen LogP contribution >= 0.6 is 0 Å². The van der Waals surface area contributed by atoms with Gasteiger partial charge in [0, 0.05) is 25.7 Å². The average molecular weight is 546 g/mol. The molecule has 3 heterocycles. The zero-order chi connectivity index (χ0) is 29.1. The highest BCUT2D eigenvalue weighted by Gasteiger charge is 2.79. The van der Waals surface area contributed by atoms with Gasteiger partial charge in [0.05, 0.1) is 30.1 Å². The largest absolute Gasteiger partial charge is 0.394 e. The molecule has 3 fully saturated rings. The number of carbonyl (C=O) groups is 3. The maximum absolute atomic E-state index is 14.6. The molecule has 3 rings (SSSR count). The summed E-state index contributed by atoms with van der Waals surface area (Å²) in [5, 5.41) is 10.5. The van der Waals surface area contributed by atoms with Crippen molar-refractivity contribution in [1.82, 2.24) is 14.7 Å². The summed E-state index contributed by atoms with van der Waals surface area (Å²) in [5.74, 6) is -2.05. The molecule has 0 radical (unpaired) electrons. The standard InChI is InChI=1S/C31H51N3O5/c1-9-14-22(8)33(19-12-4)29(38)26-31-16-15-30(13-5,39-31)24(27(36)32(17-10-2)18-11-3)25(31)28(37)34(26)23(20-35)21(6)7/h10,12,21-26,35H,2,4,9,11,13-20H2,1,3,5-8H3/t22?,23-,24-,25-,26?,30+,31?/m0/s1. The van der Waals surface area contributed by atoms with Gasteiger partial charge in [0.2, 0.25) is 17.7 Å². The van der Waals surface area contributed by atoms with E-state index < -0.39 is 35.1 Å². The molecule has 0 aromatic carbocycles. The molecule has 0 aromatic rings. The zero-order valence-electron chi connectivity index (χ0n) is 25.0. The lowest BCUT2D eigenvalue weighted by atomic mass is 9.64. The molecular formula is C31H51N3O5. The van der Waals surface area contributed by atoms with Crippen molar-refractivity contribution in [1.29, 1.82) is 0 Å². The van der Waals surface area contributed by atoms with E-state index in [0.717, 1.165) is 19.3 Å². The lowest BCUT2D eigenvalue weighted by molar-refractivity contribution is -0.160. The number of aliphatic hydroxyl groups excluding tert-OH is 1. The molecule has 3 aliphatic heterocycles. The summed E-state index contributed by atoms with van der Waals surface area (Å²) in [5.41, 5.74) is -1.90. The molecule has 0 saturated carbocycles. The second-order valence-corrected chi connectivity index (χ2v) is 12.1. The van der Waals surface area contributed by atoms with Crippen molar-refractivity contribution >= 4 is 17.7 Å². The fourth-order valence-corrected chi connectivity index (χ4v) is 7.56. The molecule has 2 bridgehead atoms. The third kappa shape index (κ3) is 5.08. The smallest absolute Gasteiger partial charge is 0.248 e. The summed E-state index contributed by atoms with van der Waals surface area (Å²) in [6.45, 7) is 20.8. The molecule has 0 aromatic heterocycles. The van der Waals surface area contributed by atoms with E-state index in [-0.39, 0.29) is 36.3 Å². The SMILES string of the molecule is C=CCN(CCC)C(=O)[C@@H]1[C@H]2C(=O)N([C@@H](CO)C(C)C)C(C(=O)N(CC=C)C(C)CCC)C23CC[C@@]1(CC)O3. The Kier molecular flexibility index (Phi) is 10.1. The summed E-state index contributed by atoms with van der Waals surface area (Å²) in [6, 6.07) is -1.52. The second-order valence-electron chi connectivity index (χ2n) is 12.1. The number of fused-ring (bicyclic) bond motifs is 1. The highest BCUT2D eigenvalue weighted by molar-refractivity contribution is 5.99. The first-order chi connectivity index (χ1) is 18.5. The number of amides is 3. The molecule has 3 amide bonds. The molecule has 1 spiro atoms. The first kappa shape index (κ1) is 31.3. The van der Waals surface area contributed by atoms with Crippen LogP contribution in [0, 0.1) is 17.8 Å². The van der Waals surface area contributed by atoms with Crippen LogP contribution in [0.2, 0.25) is 0 Å². The number of carbonyl (C=O) groups excluding carboxylic acids is 3. The lowest BCUT2D eigenvalue weighted by Gasteiger charge is -2.42. The van der Waals surface area contributed by atoms with Crippen LogP contribution in [0.5, 0.6) is 0 Å². The van der Waals surface area contributed by atoms with Gasteiger partial charge in [-0.1, -0.05) is 53.2 Å². The van der Waals surface area contributed by atoms with Crippen LogP contribution in [0.1, 0.15) is 80.1 Å². The number of hydrogen-bond donors (Lipinski definition) is 1. The van der Waals surface area contributed by atoms with E-state index in [4.69, 9.17) is 4.74 Å². The van der Waals surface area contributed by atoms with Gasteiger partial charge in [-0.2, -0.15) is 0 Å². The van der Waals surface area contributed by atoms with E-state index in [0.29, 0.717) is 38.9 Å². The zero-order valence-corrected chi connectivity index (χ0v) is 25.0. The molecule has 220 valence electrons. The third-order valence-electron chi connectivity index (χ3n) is 9.43. The Morgan fingerprint density at radius 1 is 1.10 bits per heavy atom. The molecule has 8 heteroatoms. The lowest BCUT2D eigenvalue weighted by Crippen LogP contribution is -2.60. The van der Waals surface area contributed by atoms with Crippen molar-refractivity contribution in [3.05, 3.63) is 25.3 Å². The van der Waals surface area contributed by atoms with Crippen LogP contribution < -0.4 is 0 Å². The number of likely N-dealkylation sites (tertiary alicyclic amines) is 1. The van der Waals surface area contributed by atoms with Crippen molar-refractivity contribution in [3.8, 4) is 0 Å². The highest BCUT2D eigenvalue weighted by Crippen LogP contribution is 2.65. The van der Waals surface area contributed by atoms with Gasteiger partial charge in [0.15, 0.2) is 0 Å². The minimum atomic E-state index is -1.11. The van der Waals surface area contributed by atoms with E-state index in [1.165, 1.54) is 0 Å². The summed E-state index contributed by atoms with van der Waals surface area (Å²) in [4.78, 5) is 48.5. The van der Waals surface area contributed by atoms with E-state index in [2.05, 4.69) is 20.1 Å². The van der Waals surface area contributed by atoms with Crippen molar-refractivity contribution in [2.45, 2.75) is 109 Å². The molecule has 3 saturated heterocycles. The third-order valence-corrected chi connectivity index (χ3v) is 9.43. The van der Waals surface area contributed by atoms with E-state index >= 15 is 0 Å². The van der Waals surface area contributed by atoms with Gasteiger partial charge in [-0.25, -0.2) is 0 Å². The molecular weight excluding hydrogens is 494 g/mol. The van der Waals surface area contributed by atoms with Crippen LogP contribution in [0.4, 0.5) is 0 Å². The molecule has 1 N–H and O–H groups in total. The van der Waals surface area contributed by atoms with Crippen molar-refractivity contribution in [2.75, 3.05) is 26.2 Å². The van der Waals surface area contributed by atoms with Gasteiger partial charge in [0.25, 0.3) is 0 Å². The summed E-state index contributed by atoms with van der Waals surface area (Å²) in [6.07, 6.45) is 7.69. The Morgan fingerprint density at radius 2 is 1.77 bits per heavy atom. The Labute approximate surface area is 235 Å². The molecule has 0 aliphatic carbocycles. The molecule has 8 nitrogen and oxygen atoms in total. The summed E-state index contributed by atoms with van der Waals surface area (Å²) < 4.78 is 6.95. The van der Waals surface area contributed by atoms with Gasteiger partial charge in [-0.15, -0.1) is 13.2 Å². The van der Waals surface area contributed by atoms with Crippen molar-refractivity contribution < 1.29 is 24.2 Å². The minimum absolute atomic E-state index is 0.0525. The fourth-order valence-electron chi connectivity index (χ4n) is 7.56. The summed E-state index contributed by atoms with van der Waals surface area (Å²) >= 11 is 0. The van der Waals surface area contributed by atoms with Crippen LogP contribution in [0.25, 0.3) is 0 Å². The van der Waals surface area contributed by atoms with E-state index in [1.807, 2.05) is 34.6 Å². The normalized spacial score (nSPS) is 30.8. The maximum Gasteiger partial charge on any atom is 0.248 e. The highest BCUT2D eigenvalue weighted by atomic mass is 16.5. The fraction of sp³-hybridized carbons (Fsp3) is 0.774. The maximum atomic E-state index is 14.6. The Balaban J connectivity index is 2.20. The number of nitrogens with zero attached hydrogens (tertiary/aromatic N) is 3. The Hall–Kier alpha value is -2.19. The van der Waals surface area contributed by atoms with Gasteiger partial charge in [-0.05, 0) is 44.9 Å². The van der Waals surface area contributed by atoms with Gasteiger partial charge in [0.1, 0.15) is 11.6 Å². The van der Waals surface area contributed by atoms with Crippen LogP contribution in [-0.2, 0) is 19.1 Å². The average Bonchev–Trinajstić information content (AvgIpc) is 3.50. The molecule has 3 aliphatic rings.